The molecule has 0 spiro atoms. The largest absolute Gasteiger partial charge is 0.370 e. The first kappa shape index (κ1) is 13.9. The summed E-state index contributed by atoms with van der Waals surface area (Å²) in [6.07, 6.45) is 1.67. The fourth-order valence-electron chi connectivity index (χ4n) is 2.96. The van der Waals surface area contributed by atoms with E-state index in [0.29, 0.717) is 5.92 Å². The summed E-state index contributed by atoms with van der Waals surface area (Å²) in [5.74, 6) is 2.42. The van der Waals surface area contributed by atoms with Crippen LogP contribution in [0.25, 0.3) is 0 Å². The van der Waals surface area contributed by atoms with E-state index in [-0.39, 0.29) is 0 Å². The third-order valence-corrected chi connectivity index (χ3v) is 3.92. The van der Waals surface area contributed by atoms with Gasteiger partial charge in [0.2, 0.25) is 0 Å². The van der Waals surface area contributed by atoms with Gasteiger partial charge in [0, 0.05) is 25.2 Å². The fourth-order valence-corrected chi connectivity index (χ4v) is 2.96. The van der Waals surface area contributed by atoms with E-state index >= 15 is 0 Å². The van der Waals surface area contributed by atoms with Gasteiger partial charge in [-0.1, -0.05) is 38.1 Å². The summed E-state index contributed by atoms with van der Waals surface area (Å²) in [6, 6.07) is 8.62. The summed E-state index contributed by atoms with van der Waals surface area (Å²) < 4.78 is 0. The lowest BCUT2D eigenvalue weighted by molar-refractivity contribution is 0.791. The molecule has 1 aromatic carbocycles. The van der Waals surface area contributed by atoms with Crippen molar-refractivity contribution in [2.24, 2.45) is 0 Å². The van der Waals surface area contributed by atoms with E-state index in [0.717, 1.165) is 31.3 Å². The Bertz CT molecular complexity index is 611. The highest BCUT2D eigenvalue weighted by Gasteiger charge is 2.24. The molecule has 1 aliphatic rings. The zero-order chi connectivity index (χ0) is 14.8. The molecule has 0 saturated heterocycles. The minimum absolute atomic E-state index is 0.388. The zero-order valence-corrected chi connectivity index (χ0v) is 12.9. The SMILES string of the molecule is CCNc1ncnc(N2Cc3ccccc3C2)c1C(C)C. The number of nitrogens with one attached hydrogen (secondary N) is 1. The van der Waals surface area contributed by atoms with Crippen molar-refractivity contribution >= 4 is 11.6 Å². The lowest BCUT2D eigenvalue weighted by atomic mass is 10.0. The molecule has 0 atom stereocenters. The Labute approximate surface area is 126 Å². The van der Waals surface area contributed by atoms with Crippen molar-refractivity contribution in [3.05, 3.63) is 47.3 Å². The van der Waals surface area contributed by atoms with Crippen LogP contribution in [0.4, 0.5) is 11.6 Å². The van der Waals surface area contributed by atoms with E-state index in [2.05, 4.69) is 65.2 Å². The summed E-state index contributed by atoms with van der Waals surface area (Å²) in [6.45, 7) is 9.23. The molecule has 1 aliphatic heterocycles. The maximum atomic E-state index is 4.58. The number of fused-ring (bicyclic) bond motifs is 1. The van der Waals surface area contributed by atoms with Gasteiger partial charge in [0.25, 0.3) is 0 Å². The molecule has 2 aromatic rings. The molecule has 0 saturated carbocycles. The van der Waals surface area contributed by atoms with Crippen LogP contribution in [0.3, 0.4) is 0 Å². The Morgan fingerprint density at radius 3 is 2.38 bits per heavy atom. The maximum absolute atomic E-state index is 4.58. The van der Waals surface area contributed by atoms with Gasteiger partial charge >= 0.3 is 0 Å². The lowest BCUT2D eigenvalue weighted by Crippen LogP contribution is -2.20. The van der Waals surface area contributed by atoms with E-state index in [1.807, 2.05) is 0 Å². The molecule has 1 aromatic heterocycles. The number of nitrogens with zero attached hydrogens (tertiary/aromatic N) is 3. The van der Waals surface area contributed by atoms with E-state index in [1.54, 1.807) is 6.33 Å². The van der Waals surface area contributed by atoms with Crippen LogP contribution in [-0.2, 0) is 13.1 Å². The van der Waals surface area contributed by atoms with Gasteiger partial charge in [0.05, 0.1) is 0 Å². The summed E-state index contributed by atoms with van der Waals surface area (Å²) in [5.41, 5.74) is 4.01. The number of benzene rings is 1. The van der Waals surface area contributed by atoms with E-state index in [4.69, 9.17) is 0 Å². The third kappa shape index (κ3) is 2.58. The van der Waals surface area contributed by atoms with Crippen LogP contribution >= 0.6 is 0 Å². The number of anilines is 2. The van der Waals surface area contributed by atoms with Gasteiger partial charge in [-0.2, -0.15) is 0 Å². The molecule has 3 rings (SSSR count). The van der Waals surface area contributed by atoms with Gasteiger partial charge in [-0.05, 0) is 24.0 Å². The first-order valence-corrected chi connectivity index (χ1v) is 7.61. The summed E-state index contributed by atoms with van der Waals surface area (Å²) >= 11 is 0. The Balaban J connectivity index is 1.98. The van der Waals surface area contributed by atoms with Crippen LogP contribution in [0.1, 0.15) is 43.4 Å². The molecule has 0 aliphatic carbocycles. The van der Waals surface area contributed by atoms with Gasteiger partial charge in [0.1, 0.15) is 18.0 Å². The van der Waals surface area contributed by atoms with Gasteiger partial charge in [-0.25, -0.2) is 9.97 Å². The van der Waals surface area contributed by atoms with Crippen molar-refractivity contribution in [2.45, 2.75) is 39.8 Å². The van der Waals surface area contributed by atoms with Crippen molar-refractivity contribution in [3.63, 3.8) is 0 Å². The highest BCUT2D eigenvalue weighted by molar-refractivity contribution is 5.62. The van der Waals surface area contributed by atoms with Gasteiger partial charge in [0.15, 0.2) is 0 Å². The molecule has 110 valence electrons. The summed E-state index contributed by atoms with van der Waals surface area (Å²) in [7, 11) is 0. The first-order valence-electron chi connectivity index (χ1n) is 7.61. The van der Waals surface area contributed by atoms with Crippen molar-refractivity contribution in [2.75, 3.05) is 16.8 Å². The Kier molecular flexibility index (Phi) is 3.78. The average Bonchev–Trinajstić information content (AvgIpc) is 2.91. The lowest BCUT2D eigenvalue weighted by Gasteiger charge is -2.23. The Morgan fingerprint density at radius 2 is 1.81 bits per heavy atom. The van der Waals surface area contributed by atoms with Crippen molar-refractivity contribution in [3.8, 4) is 0 Å². The maximum Gasteiger partial charge on any atom is 0.138 e. The molecular weight excluding hydrogens is 260 g/mol. The molecule has 21 heavy (non-hydrogen) atoms. The van der Waals surface area contributed by atoms with Crippen LogP contribution < -0.4 is 10.2 Å². The fraction of sp³-hybridized carbons (Fsp3) is 0.412. The first-order chi connectivity index (χ1) is 10.2. The molecule has 2 heterocycles. The molecule has 0 amide bonds. The molecule has 0 radical (unpaired) electrons. The topological polar surface area (TPSA) is 41.1 Å². The van der Waals surface area contributed by atoms with Crippen LogP contribution in [-0.4, -0.2) is 16.5 Å². The summed E-state index contributed by atoms with van der Waals surface area (Å²) in [4.78, 5) is 11.4. The second kappa shape index (κ2) is 5.72. The normalized spacial score (nSPS) is 13.6. The Hall–Kier alpha value is -2.10. The van der Waals surface area contributed by atoms with E-state index in [9.17, 15) is 0 Å². The van der Waals surface area contributed by atoms with Crippen molar-refractivity contribution < 1.29 is 0 Å². The molecule has 0 fully saturated rings. The standard InChI is InChI=1S/C17H22N4/c1-4-18-16-15(12(2)3)17(20-11-19-16)21-9-13-7-5-6-8-14(13)10-21/h5-8,11-12H,4,9-10H2,1-3H3,(H,18,19,20). The quantitative estimate of drug-likeness (QED) is 0.931. The van der Waals surface area contributed by atoms with Crippen molar-refractivity contribution in [1.29, 1.82) is 0 Å². The van der Waals surface area contributed by atoms with Crippen LogP contribution in [0, 0.1) is 0 Å². The molecule has 4 nitrogen and oxygen atoms in total. The number of hydrogen-bond acceptors (Lipinski definition) is 4. The molecular formula is C17H22N4. The van der Waals surface area contributed by atoms with Crippen LogP contribution in [0.15, 0.2) is 30.6 Å². The summed E-state index contributed by atoms with van der Waals surface area (Å²) in [5, 5.41) is 3.36. The van der Waals surface area contributed by atoms with Crippen LogP contribution in [0.5, 0.6) is 0 Å². The second-order valence-electron chi connectivity index (χ2n) is 5.77. The Morgan fingerprint density at radius 1 is 1.14 bits per heavy atom. The smallest absolute Gasteiger partial charge is 0.138 e. The number of aromatic nitrogens is 2. The van der Waals surface area contributed by atoms with Crippen molar-refractivity contribution in [1.82, 2.24) is 9.97 Å². The van der Waals surface area contributed by atoms with Gasteiger partial charge in [-0.15, -0.1) is 0 Å². The van der Waals surface area contributed by atoms with E-state index in [1.165, 1.54) is 16.7 Å². The average molecular weight is 282 g/mol. The third-order valence-electron chi connectivity index (χ3n) is 3.92. The number of hydrogen-bond donors (Lipinski definition) is 1. The van der Waals surface area contributed by atoms with Gasteiger partial charge in [-0.3, -0.25) is 0 Å². The number of rotatable bonds is 4. The van der Waals surface area contributed by atoms with E-state index < -0.39 is 0 Å². The van der Waals surface area contributed by atoms with Crippen LogP contribution in [0.2, 0.25) is 0 Å². The predicted molar refractivity (Wildman–Crippen MR) is 86.6 cm³/mol. The second-order valence-corrected chi connectivity index (χ2v) is 5.77. The predicted octanol–water partition coefficient (Wildman–Crippen LogP) is 3.55. The minimum atomic E-state index is 0.388. The molecule has 4 heteroatoms. The molecule has 1 N–H and O–H groups in total. The highest BCUT2D eigenvalue weighted by atomic mass is 15.2. The minimum Gasteiger partial charge on any atom is -0.370 e. The highest BCUT2D eigenvalue weighted by Crippen LogP contribution is 2.35. The monoisotopic (exact) mass is 282 g/mol. The molecule has 0 unspecified atom stereocenters. The molecule has 0 bridgehead atoms. The van der Waals surface area contributed by atoms with Gasteiger partial charge < -0.3 is 10.2 Å². The zero-order valence-electron chi connectivity index (χ0n) is 12.9.